The highest BCUT2D eigenvalue weighted by atomic mass is 19.1. The Morgan fingerprint density at radius 3 is 1.49 bits per heavy atom. The van der Waals surface area contributed by atoms with Gasteiger partial charge >= 0.3 is 23.9 Å². The van der Waals surface area contributed by atoms with Gasteiger partial charge in [0, 0.05) is 47.6 Å². The van der Waals surface area contributed by atoms with Crippen LogP contribution in [0.15, 0.2) is 105 Å². The van der Waals surface area contributed by atoms with Gasteiger partial charge in [-0.15, -0.1) is 0 Å². The quantitative estimate of drug-likeness (QED) is 0.192. The van der Waals surface area contributed by atoms with Crippen LogP contribution in [0.4, 0.5) is 4.39 Å². The maximum absolute atomic E-state index is 14.8. The molecule has 196 valence electrons. The number of carbonyl (C=O) groups excluding carboxylic acids is 4. The second-order valence-electron chi connectivity index (χ2n) is 7.51. The molecular weight excluding hydrogens is 507 g/mol. The molecular formula is C30H21FO8. The van der Waals surface area contributed by atoms with Crippen molar-refractivity contribution in [3.05, 3.63) is 111 Å². The highest BCUT2D eigenvalue weighted by Crippen LogP contribution is 2.39. The molecule has 0 amide bonds. The molecule has 0 N–H and O–H groups in total. The topological polar surface area (TPSA) is 105 Å². The molecule has 3 aromatic carbocycles. The summed E-state index contributed by atoms with van der Waals surface area (Å²) in [5.74, 6) is -4.37. The van der Waals surface area contributed by atoms with E-state index in [4.69, 9.17) is 18.9 Å². The first-order valence-electron chi connectivity index (χ1n) is 11.1. The van der Waals surface area contributed by atoms with Crippen molar-refractivity contribution in [3.8, 4) is 45.3 Å². The van der Waals surface area contributed by atoms with E-state index in [1.807, 2.05) is 0 Å². The average molecular weight is 528 g/mol. The summed E-state index contributed by atoms with van der Waals surface area (Å²) in [6.45, 7) is 13.3. The van der Waals surface area contributed by atoms with Crippen LogP contribution >= 0.6 is 0 Å². The number of benzene rings is 3. The van der Waals surface area contributed by atoms with Crippen LogP contribution in [0.25, 0.3) is 22.3 Å². The predicted octanol–water partition coefficient (Wildman–Crippen LogP) is 5.53. The van der Waals surface area contributed by atoms with Crippen LogP contribution in [0, 0.1) is 5.82 Å². The molecule has 0 aromatic heterocycles. The molecule has 39 heavy (non-hydrogen) atoms. The Balaban J connectivity index is 2.05. The number of halogens is 1. The summed E-state index contributed by atoms with van der Waals surface area (Å²) in [5, 5.41) is 0. The second-order valence-corrected chi connectivity index (χ2v) is 7.51. The third-order valence-electron chi connectivity index (χ3n) is 5.01. The van der Waals surface area contributed by atoms with Crippen molar-refractivity contribution in [2.45, 2.75) is 0 Å². The van der Waals surface area contributed by atoms with E-state index in [9.17, 15) is 23.6 Å². The molecule has 0 aliphatic carbocycles. The van der Waals surface area contributed by atoms with Crippen LogP contribution in [0.2, 0.25) is 0 Å². The van der Waals surface area contributed by atoms with Crippen LogP contribution in [-0.4, -0.2) is 23.9 Å². The lowest BCUT2D eigenvalue weighted by Crippen LogP contribution is -2.08. The lowest BCUT2D eigenvalue weighted by atomic mass is 9.98. The molecule has 0 saturated carbocycles. The molecule has 0 radical (unpaired) electrons. The lowest BCUT2D eigenvalue weighted by Gasteiger charge is -2.14. The van der Waals surface area contributed by atoms with Gasteiger partial charge in [0.15, 0.2) is 11.6 Å². The molecule has 0 bridgehead atoms. The van der Waals surface area contributed by atoms with Gasteiger partial charge in [0.2, 0.25) is 0 Å². The summed E-state index contributed by atoms with van der Waals surface area (Å²) in [6.07, 6.45) is 3.75. The summed E-state index contributed by atoms with van der Waals surface area (Å²) >= 11 is 0. The van der Waals surface area contributed by atoms with Crippen molar-refractivity contribution in [1.29, 1.82) is 0 Å². The van der Waals surface area contributed by atoms with Gasteiger partial charge < -0.3 is 18.9 Å². The minimum atomic E-state index is -0.898. The van der Waals surface area contributed by atoms with E-state index in [0.717, 1.165) is 36.4 Å². The van der Waals surface area contributed by atoms with E-state index >= 15 is 0 Å². The molecule has 0 heterocycles. The van der Waals surface area contributed by atoms with Crippen LogP contribution < -0.4 is 18.9 Å². The van der Waals surface area contributed by atoms with Crippen molar-refractivity contribution >= 4 is 23.9 Å². The molecule has 0 unspecified atom stereocenters. The summed E-state index contributed by atoms with van der Waals surface area (Å²) < 4.78 is 35.3. The molecule has 0 spiro atoms. The van der Waals surface area contributed by atoms with Crippen molar-refractivity contribution in [3.63, 3.8) is 0 Å². The molecule has 8 nitrogen and oxygen atoms in total. The summed E-state index contributed by atoms with van der Waals surface area (Å²) in [7, 11) is 0. The van der Waals surface area contributed by atoms with Gasteiger partial charge in [0.25, 0.3) is 0 Å². The third-order valence-corrected chi connectivity index (χ3v) is 5.01. The van der Waals surface area contributed by atoms with Crippen molar-refractivity contribution in [1.82, 2.24) is 0 Å². The minimum Gasteiger partial charge on any atom is -0.423 e. The summed E-state index contributed by atoms with van der Waals surface area (Å²) in [5.41, 5.74) is 1.66. The van der Waals surface area contributed by atoms with Crippen molar-refractivity contribution < 1.29 is 42.5 Å². The fourth-order valence-electron chi connectivity index (χ4n) is 3.25. The maximum atomic E-state index is 14.8. The summed E-state index contributed by atoms with van der Waals surface area (Å²) in [6, 6.07) is 13.1. The highest BCUT2D eigenvalue weighted by molar-refractivity contribution is 5.89. The molecule has 9 heteroatoms. The molecule has 3 aromatic rings. The van der Waals surface area contributed by atoms with Gasteiger partial charge in [0.1, 0.15) is 17.2 Å². The zero-order valence-corrected chi connectivity index (χ0v) is 20.5. The molecule has 3 rings (SSSR count). The molecule has 0 aliphatic heterocycles. The van der Waals surface area contributed by atoms with Gasteiger partial charge in [0.05, 0.1) is 0 Å². The van der Waals surface area contributed by atoms with E-state index in [1.165, 1.54) is 12.1 Å². The minimum absolute atomic E-state index is 0.0852. The second kappa shape index (κ2) is 12.6. The number of rotatable bonds is 10. The van der Waals surface area contributed by atoms with E-state index < -0.39 is 35.4 Å². The van der Waals surface area contributed by atoms with Crippen LogP contribution in [0.5, 0.6) is 23.0 Å². The van der Waals surface area contributed by atoms with Crippen LogP contribution in [0.3, 0.4) is 0 Å². The third kappa shape index (κ3) is 7.01. The number of hydrogen-bond acceptors (Lipinski definition) is 8. The first-order chi connectivity index (χ1) is 18.7. The van der Waals surface area contributed by atoms with Gasteiger partial charge in [-0.05, 0) is 29.3 Å². The standard InChI is InChI=1S/C30H21FO8/c1-5-27(32)36-20-13-14-21(24(15-20)37-28(33)6-2)18-9-11-19(12-10-18)22-16-23(31)26(39-30(35)8-4)17-25(22)38-29(34)7-3/h5-17H,1-4H2. The molecule has 0 aliphatic rings. The van der Waals surface area contributed by atoms with Crippen LogP contribution in [-0.2, 0) is 19.2 Å². The molecule has 0 saturated heterocycles. The Morgan fingerprint density at radius 1 is 0.538 bits per heavy atom. The maximum Gasteiger partial charge on any atom is 0.335 e. The first-order valence-corrected chi connectivity index (χ1v) is 11.1. The smallest absolute Gasteiger partial charge is 0.335 e. The Bertz CT molecular complexity index is 1500. The molecule has 0 fully saturated rings. The Labute approximate surface area is 222 Å². The normalized spacial score (nSPS) is 9.97. The predicted molar refractivity (Wildman–Crippen MR) is 141 cm³/mol. The fraction of sp³-hybridized carbons (Fsp3) is 0. The average Bonchev–Trinajstić information content (AvgIpc) is 2.94. The van der Waals surface area contributed by atoms with E-state index in [1.54, 1.807) is 30.3 Å². The van der Waals surface area contributed by atoms with E-state index in [0.29, 0.717) is 16.7 Å². The summed E-state index contributed by atoms with van der Waals surface area (Å²) in [4.78, 5) is 46.9. The van der Waals surface area contributed by atoms with Crippen molar-refractivity contribution in [2.75, 3.05) is 0 Å². The Kier molecular flexibility index (Phi) is 9.05. The van der Waals surface area contributed by atoms with Gasteiger partial charge in [-0.1, -0.05) is 50.6 Å². The lowest BCUT2D eigenvalue weighted by molar-refractivity contribution is -0.130. The zero-order chi connectivity index (χ0) is 28.5. The van der Waals surface area contributed by atoms with E-state index in [2.05, 4.69) is 26.3 Å². The number of hydrogen-bond donors (Lipinski definition) is 0. The van der Waals surface area contributed by atoms with E-state index in [-0.39, 0.29) is 22.8 Å². The first kappa shape index (κ1) is 28.0. The highest BCUT2D eigenvalue weighted by Gasteiger charge is 2.18. The monoisotopic (exact) mass is 528 g/mol. The Hall–Kier alpha value is -5.57. The Morgan fingerprint density at radius 2 is 0.974 bits per heavy atom. The zero-order valence-electron chi connectivity index (χ0n) is 20.5. The number of carbonyl (C=O) groups is 4. The SMILES string of the molecule is C=CC(=O)Oc1ccc(-c2ccc(-c3cc(F)c(OC(=O)C=C)cc3OC(=O)C=C)cc2)c(OC(=O)C=C)c1. The van der Waals surface area contributed by atoms with Crippen molar-refractivity contribution in [2.24, 2.45) is 0 Å². The van der Waals surface area contributed by atoms with Gasteiger partial charge in [-0.25, -0.2) is 23.6 Å². The van der Waals surface area contributed by atoms with Gasteiger partial charge in [-0.3, -0.25) is 0 Å². The number of ether oxygens (including phenoxy) is 4. The largest absolute Gasteiger partial charge is 0.423 e. The van der Waals surface area contributed by atoms with Crippen LogP contribution in [0.1, 0.15) is 0 Å². The van der Waals surface area contributed by atoms with Gasteiger partial charge in [-0.2, -0.15) is 0 Å². The fourth-order valence-corrected chi connectivity index (χ4v) is 3.25. The number of esters is 4. The molecule has 0 atom stereocenters.